The number of carbonyl (C=O) groups excluding carboxylic acids is 1. The Kier molecular flexibility index (Phi) is 4.23. The molecule has 0 radical (unpaired) electrons. The number of hydrogen-bond acceptors (Lipinski definition) is 3. The first-order chi connectivity index (χ1) is 10.5. The van der Waals surface area contributed by atoms with Gasteiger partial charge in [0.2, 0.25) is 15.9 Å². The molecule has 2 atom stereocenters. The monoisotopic (exact) mass is 322 g/mol. The van der Waals surface area contributed by atoms with E-state index in [-0.39, 0.29) is 11.9 Å². The summed E-state index contributed by atoms with van der Waals surface area (Å²) in [6, 6.07) is 9.37. The minimum Gasteiger partial charge on any atom is -0.348 e. The summed E-state index contributed by atoms with van der Waals surface area (Å²) in [5.41, 5.74) is 1.10. The summed E-state index contributed by atoms with van der Waals surface area (Å²) in [7, 11) is -3.33. The van der Waals surface area contributed by atoms with Crippen LogP contribution in [0.4, 0.5) is 0 Å². The van der Waals surface area contributed by atoms with Gasteiger partial charge in [-0.2, -0.15) is 4.31 Å². The lowest BCUT2D eigenvalue weighted by atomic mass is 10.0. The lowest BCUT2D eigenvalue weighted by molar-refractivity contribution is -0.125. The van der Waals surface area contributed by atoms with E-state index in [4.69, 9.17) is 0 Å². The zero-order chi connectivity index (χ0) is 15.7. The van der Waals surface area contributed by atoms with Crippen molar-refractivity contribution in [2.45, 2.75) is 37.8 Å². The highest BCUT2D eigenvalue weighted by Gasteiger charge is 2.39. The average Bonchev–Trinajstić information content (AvgIpc) is 3.18. The summed E-state index contributed by atoms with van der Waals surface area (Å²) in [6.07, 6.45) is 4.74. The van der Waals surface area contributed by atoms with Crippen molar-refractivity contribution in [3.8, 4) is 0 Å². The standard InChI is InChI=1S/C16H22N2O3S/c1-22(20,21)18-11-5-8-14(18)16(19)17-15(13-9-10-13)12-6-3-2-4-7-12/h2-4,6-7,13-15H,5,8-11H2,1H3,(H,17,19)/t14-,15-/m1/s1. The molecule has 2 fully saturated rings. The second-order valence-electron chi connectivity index (χ2n) is 6.27. The first kappa shape index (κ1) is 15.5. The van der Waals surface area contributed by atoms with Gasteiger partial charge < -0.3 is 5.32 Å². The van der Waals surface area contributed by atoms with Gasteiger partial charge in [-0.05, 0) is 37.2 Å². The van der Waals surface area contributed by atoms with Crippen molar-refractivity contribution in [1.82, 2.24) is 9.62 Å². The second-order valence-corrected chi connectivity index (χ2v) is 8.20. The molecule has 0 bridgehead atoms. The van der Waals surface area contributed by atoms with Gasteiger partial charge in [-0.3, -0.25) is 4.79 Å². The topological polar surface area (TPSA) is 66.5 Å². The summed E-state index contributed by atoms with van der Waals surface area (Å²) >= 11 is 0. The molecule has 6 heteroatoms. The maximum atomic E-state index is 12.6. The molecule has 3 rings (SSSR count). The third-order valence-electron chi connectivity index (χ3n) is 4.48. The molecule has 1 saturated heterocycles. The van der Waals surface area contributed by atoms with E-state index in [9.17, 15) is 13.2 Å². The summed E-state index contributed by atoms with van der Waals surface area (Å²) in [5, 5.41) is 3.09. The fourth-order valence-corrected chi connectivity index (χ4v) is 4.34. The van der Waals surface area contributed by atoms with Crippen molar-refractivity contribution in [2.24, 2.45) is 5.92 Å². The quantitative estimate of drug-likeness (QED) is 0.897. The number of hydrogen-bond donors (Lipinski definition) is 1. The summed E-state index contributed by atoms with van der Waals surface area (Å²) in [6.45, 7) is 0.441. The first-order valence-electron chi connectivity index (χ1n) is 7.79. The van der Waals surface area contributed by atoms with E-state index >= 15 is 0 Å². The van der Waals surface area contributed by atoms with Crippen LogP contribution in [0.3, 0.4) is 0 Å². The van der Waals surface area contributed by atoms with Gasteiger partial charge >= 0.3 is 0 Å². The van der Waals surface area contributed by atoms with Crippen LogP contribution in [-0.2, 0) is 14.8 Å². The molecule has 1 aromatic carbocycles. The molecule has 120 valence electrons. The minimum atomic E-state index is -3.33. The number of sulfonamides is 1. The van der Waals surface area contributed by atoms with Crippen LogP contribution in [0.5, 0.6) is 0 Å². The molecule has 1 aliphatic carbocycles. The third kappa shape index (κ3) is 3.33. The minimum absolute atomic E-state index is 0.00397. The molecule has 0 unspecified atom stereocenters. The Balaban J connectivity index is 1.75. The third-order valence-corrected chi connectivity index (χ3v) is 5.77. The van der Waals surface area contributed by atoms with E-state index in [1.165, 1.54) is 10.6 Å². The highest BCUT2D eigenvalue weighted by atomic mass is 32.2. The smallest absolute Gasteiger partial charge is 0.238 e. The molecule has 0 aromatic heterocycles. The molecular weight excluding hydrogens is 300 g/mol. The van der Waals surface area contributed by atoms with Crippen LogP contribution in [0.25, 0.3) is 0 Å². The lowest BCUT2D eigenvalue weighted by Crippen LogP contribution is -2.46. The SMILES string of the molecule is CS(=O)(=O)N1CCC[C@@H]1C(=O)N[C@H](c1ccccc1)C1CC1. The van der Waals surface area contributed by atoms with Crippen molar-refractivity contribution in [1.29, 1.82) is 0 Å². The van der Waals surface area contributed by atoms with E-state index in [0.29, 0.717) is 18.9 Å². The van der Waals surface area contributed by atoms with Crippen LogP contribution in [0.1, 0.15) is 37.3 Å². The Hall–Kier alpha value is -1.40. The van der Waals surface area contributed by atoms with Gasteiger partial charge in [0.15, 0.2) is 0 Å². The van der Waals surface area contributed by atoms with E-state index < -0.39 is 16.1 Å². The van der Waals surface area contributed by atoms with Gasteiger partial charge in [-0.15, -0.1) is 0 Å². The summed E-state index contributed by atoms with van der Waals surface area (Å²) < 4.78 is 24.9. The Morgan fingerprint density at radius 3 is 2.50 bits per heavy atom. The zero-order valence-electron chi connectivity index (χ0n) is 12.7. The van der Waals surface area contributed by atoms with Gasteiger partial charge in [0.25, 0.3) is 0 Å². The molecule has 22 heavy (non-hydrogen) atoms. The number of rotatable bonds is 5. The Morgan fingerprint density at radius 1 is 1.23 bits per heavy atom. The molecule has 1 aromatic rings. The van der Waals surface area contributed by atoms with Crippen LogP contribution in [0.2, 0.25) is 0 Å². The predicted octanol–water partition coefficient (Wildman–Crippen LogP) is 1.68. The molecule has 1 heterocycles. The fraction of sp³-hybridized carbons (Fsp3) is 0.562. The predicted molar refractivity (Wildman–Crippen MR) is 84.6 cm³/mol. The lowest BCUT2D eigenvalue weighted by Gasteiger charge is -2.25. The number of amides is 1. The number of carbonyl (C=O) groups is 1. The van der Waals surface area contributed by atoms with Crippen LogP contribution < -0.4 is 5.32 Å². The number of nitrogens with one attached hydrogen (secondary N) is 1. The van der Waals surface area contributed by atoms with Crippen LogP contribution in [0.15, 0.2) is 30.3 Å². The maximum absolute atomic E-state index is 12.6. The van der Waals surface area contributed by atoms with Gasteiger partial charge in [-0.25, -0.2) is 8.42 Å². The number of benzene rings is 1. The van der Waals surface area contributed by atoms with Crippen LogP contribution >= 0.6 is 0 Å². The molecule has 2 aliphatic rings. The molecule has 1 amide bonds. The summed E-state index contributed by atoms with van der Waals surface area (Å²) in [4.78, 5) is 12.6. The molecule has 5 nitrogen and oxygen atoms in total. The highest BCUT2D eigenvalue weighted by Crippen LogP contribution is 2.41. The average molecular weight is 322 g/mol. The van der Waals surface area contributed by atoms with Gasteiger partial charge in [0.05, 0.1) is 12.3 Å². The van der Waals surface area contributed by atoms with E-state index in [2.05, 4.69) is 5.32 Å². The zero-order valence-corrected chi connectivity index (χ0v) is 13.6. The number of nitrogens with zero attached hydrogens (tertiary/aromatic N) is 1. The van der Waals surface area contributed by atoms with Crippen molar-refractivity contribution in [3.63, 3.8) is 0 Å². The molecule has 1 aliphatic heterocycles. The molecular formula is C16H22N2O3S. The maximum Gasteiger partial charge on any atom is 0.238 e. The van der Waals surface area contributed by atoms with Crippen molar-refractivity contribution in [3.05, 3.63) is 35.9 Å². The van der Waals surface area contributed by atoms with E-state index in [1.807, 2.05) is 30.3 Å². The normalized spacial score (nSPS) is 24.1. The van der Waals surface area contributed by atoms with Crippen LogP contribution in [-0.4, -0.2) is 37.5 Å². The molecule has 0 spiro atoms. The van der Waals surface area contributed by atoms with E-state index in [0.717, 1.165) is 24.8 Å². The van der Waals surface area contributed by atoms with E-state index in [1.54, 1.807) is 0 Å². The van der Waals surface area contributed by atoms with Crippen LogP contribution in [0, 0.1) is 5.92 Å². The van der Waals surface area contributed by atoms with Crippen molar-refractivity contribution in [2.75, 3.05) is 12.8 Å². The fourth-order valence-electron chi connectivity index (χ4n) is 3.21. The Labute approximate surface area is 131 Å². The Bertz CT molecular complexity index is 641. The van der Waals surface area contributed by atoms with Gasteiger partial charge in [0, 0.05) is 6.54 Å². The van der Waals surface area contributed by atoms with Gasteiger partial charge in [-0.1, -0.05) is 30.3 Å². The Morgan fingerprint density at radius 2 is 1.91 bits per heavy atom. The first-order valence-corrected chi connectivity index (χ1v) is 9.64. The second kappa shape index (κ2) is 6.01. The highest BCUT2D eigenvalue weighted by molar-refractivity contribution is 7.88. The molecule has 1 saturated carbocycles. The van der Waals surface area contributed by atoms with Crippen molar-refractivity contribution >= 4 is 15.9 Å². The largest absolute Gasteiger partial charge is 0.348 e. The van der Waals surface area contributed by atoms with Crippen molar-refractivity contribution < 1.29 is 13.2 Å². The summed E-state index contributed by atoms with van der Waals surface area (Å²) in [5.74, 6) is 0.308. The van der Waals surface area contributed by atoms with Gasteiger partial charge in [0.1, 0.15) is 6.04 Å². The molecule has 1 N–H and O–H groups in total.